The fraction of sp³-hybridized carbons (Fsp3) is 0.385. The second-order valence-corrected chi connectivity index (χ2v) is 9.37. The predicted molar refractivity (Wildman–Crippen MR) is 140 cm³/mol. The monoisotopic (exact) mass is 476 g/mol. The smallest absolute Gasteiger partial charge is 0.170 e. The molecule has 8 heteroatoms. The lowest BCUT2D eigenvalue weighted by atomic mass is 10.0. The van der Waals surface area contributed by atoms with Gasteiger partial charge in [0.1, 0.15) is 0 Å². The highest BCUT2D eigenvalue weighted by atomic mass is 32.1. The molecule has 2 atom stereocenters. The number of ether oxygens (including phenoxy) is 1. The number of hydrogen-bond acceptors (Lipinski definition) is 5. The molecule has 0 saturated carbocycles. The van der Waals surface area contributed by atoms with E-state index in [4.69, 9.17) is 17.0 Å². The first-order chi connectivity index (χ1) is 16.6. The number of rotatable bonds is 7. The van der Waals surface area contributed by atoms with Crippen LogP contribution in [0.2, 0.25) is 0 Å². The largest absolute Gasteiger partial charge is 0.379 e. The molecule has 0 bridgehead atoms. The first kappa shape index (κ1) is 22.8. The van der Waals surface area contributed by atoms with Gasteiger partial charge in [-0.2, -0.15) is 0 Å². The number of pyridine rings is 1. The van der Waals surface area contributed by atoms with Crippen molar-refractivity contribution in [3.63, 3.8) is 0 Å². The molecule has 0 unspecified atom stereocenters. The minimum atomic E-state index is -0.0203. The molecule has 2 fully saturated rings. The van der Waals surface area contributed by atoms with E-state index in [2.05, 4.69) is 92.3 Å². The minimum Gasteiger partial charge on any atom is -0.379 e. The van der Waals surface area contributed by atoms with Crippen molar-refractivity contribution < 1.29 is 4.74 Å². The molecule has 3 aromatic rings. The van der Waals surface area contributed by atoms with Crippen molar-refractivity contribution in [3.8, 4) is 5.69 Å². The van der Waals surface area contributed by atoms with Crippen molar-refractivity contribution in [2.75, 3.05) is 58.4 Å². The summed E-state index contributed by atoms with van der Waals surface area (Å²) in [4.78, 5) is 11.6. The van der Waals surface area contributed by atoms with E-state index < -0.39 is 0 Å². The van der Waals surface area contributed by atoms with Crippen molar-refractivity contribution in [1.82, 2.24) is 24.7 Å². The molecule has 0 spiro atoms. The van der Waals surface area contributed by atoms with Gasteiger partial charge in [-0.25, -0.2) is 0 Å². The van der Waals surface area contributed by atoms with Crippen molar-refractivity contribution in [2.45, 2.75) is 12.1 Å². The lowest BCUT2D eigenvalue weighted by Gasteiger charge is -2.32. The fourth-order valence-corrected chi connectivity index (χ4v) is 5.16. The third-order valence-electron chi connectivity index (χ3n) is 6.69. The van der Waals surface area contributed by atoms with E-state index in [-0.39, 0.29) is 12.1 Å². The SMILES string of the molecule is CN(C)c1ccc(-n2cccc2[C@H]2[C@@H](c3ccccn3)NC(=S)N2CCN2CCOCC2)cc1. The summed E-state index contributed by atoms with van der Waals surface area (Å²) in [6.45, 7) is 5.34. The van der Waals surface area contributed by atoms with E-state index in [0.717, 1.165) is 55.9 Å². The van der Waals surface area contributed by atoms with Gasteiger partial charge >= 0.3 is 0 Å². The van der Waals surface area contributed by atoms with E-state index in [0.29, 0.717) is 0 Å². The number of hydrogen-bond donors (Lipinski definition) is 1. The Balaban J connectivity index is 1.48. The summed E-state index contributed by atoms with van der Waals surface area (Å²) in [5.41, 5.74) is 4.51. The Morgan fingerprint density at radius 1 is 1.03 bits per heavy atom. The Kier molecular flexibility index (Phi) is 6.80. The van der Waals surface area contributed by atoms with Gasteiger partial charge in [-0.3, -0.25) is 9.88 Å². The van der Waals surface area contributed by atoms with Crippen LogP contribution in [0.1, 0.15) is 23.5 Å². The normalized spacial score (nSPS) is 21.0. The minimum absolute atomic E-state index is 0.0203. The van der Waals surface area contributed by atoms with E-state index in [1.54, 1.807) is 0 Å². The molecule has 1 aromatic carbocycles. The topological polar surface area (TPSA) is 48.8 Å². The average molecular weight is 477 g/mol. The van der Waals surface area contributed by atoms with Gasteiger partial charge in [0.25, 0.3) is 0 Å². The lowest BCUT2D eigenvalue weighted by molar-refractivity contribution is 0.0349. The highest BCUT2D eigenvalue weighted by Gasteiger charge is 2.41. The molecule has 0 aliphatic carbocycles. The summed E-state index contributed by atoms with van der Waals surface area (Å²) in [5.74, 6) is 0. The first-order valence-corrected chi connectivity index (χ1v) is 12.3. The van der Waals surface area contributed by atoms with E-state index in [1.165, 1.54) is 11.4 Å². The number of anilines is 1. The van der Waals surface area contributed by atoms with E-state index in [1.807, 2.05) is 18.3 Å². The van der Waals surface area contributed by atoms with Gasteiger partial charge in [0.05, 0.1) is 31.0 Å². The third-order valence-corrected chi connectivity index (χ3v) is 7.04. The third kappa shape index (κ3) is 4.66. The van der Waals surface area contributed by atoms with Crippen LogP contribution >= 0.6 is 12.2 Å². The molecule has 2 aliphatic rings. The number of nitrogens with one attached hydrogen (secondary N) is 1. The second-order valence-electron chi connectivity index (χ2n) is 8.99. The maximum atomic E-state index is 5.87. The van der Waals surface area contributed by atoms with Crippen molar-refractivity contribution in [3.05, 3.63) is 78.4 Å². The second kappa shape index (κ2) is 10.1. The summed E-state index contributed by atoms with van der Waals surface area (Å²) >= 11 is 5.87. The number of thiocarbonyl (C=S) groups is 1. The van der Waals surface area contributed by atoms with Crippen LogP contribution in [-0.4, -0.2) is 78.0 Å². The van der Waals surface area contributed by atoms with Crippen molar-refractivity contribution in [2.24, 2.45) is 0 Å². The van der Waals surface area contributed by atoms with Gasteiger partial charge in [0.15, 0.2) is 5.11 Å². The molecular formula is C26H32N6OS. The Morgan fingerprint density at radius 2 is 1.82 bits per heavy atom. The van der Waals surface area contributed by atoms with E-state index in [9.17, 15) is 0 Å². The van der Waals surface area contributed by atoms with Gasteiger partial charge in [-0.05, 0) is 60.7 Å². The molecule has 0 radical (unpaired) electrons. The van der Waals surface area contributed by atoms with Crippen LogP contribution in [-0.2, 0) is 4.74 Å². The van der Waals surface area contributed by atoms with Gasteiger partial charge in [0.2, 0.25) is 0 Å². The summed E-state index contributed by atoms with van der Waals surface area (Å²) in [5, 5.41) is 4.36. The lowest BCUT2D eigenvalue weighted by Crippen LogP contribution is -2.42. The molecule has 2 saturated heterocycles. The average Bonchev–Trinajstić information content (AvgIpc) is 3.48. The standard InChI is InChI=1S/C26H32N6OS/c1-29(2)20-8-10-21(11-9-20)31-13-5-7-23(31)25-24(22-6-3-4-12-27-22)28-26(34)32(25)15-14-30-16-18-33-19-17-30/h3-13,24-25H,14-19H2,1-2H3,(H,28,34)/t24-,25+/m1/s1. The van der Waals surface area contributed by atoms with Crippen LogP contribution in [0.25, 0.3) is 5.69 Å². The van der Waals surface area contributed by atoms with Crippen LogP contribution in [0, 0.1) is 0 Å². The van der Waals surface area contributed by atoms with Gasteiger partial charge in [-0.1, -0.05) is 6.07 Å². The maximum absolute atomic E-state index is 5.87. The van der Waals surface area contributed by atoms with Crippen molar-refractivity contribution in [1.29, 1.82) is 0 Å². The highest BCUT2D eigenvalue weighted by molar-refractivity contribution is 7.80. The number of benzene rings is 1. The molecule has 1 N–H and O–H groups in total. The van der Waals surface area contributed by atoms with Gasteiger partial charge < -0.3 is 24.4 Å². The van der Waals surface area contributed by atoms with E-state index >= 15 is 0 Å². The zero-order valence-corrected chi connectivity index (χ0v) is 20.6. The molecule has 2 aliphatic heterocycles. The molecule has 34 heavy (non-hydrogen) atoms. The molecule has 178 valence electrons. The van der Waals surface area contributed by atoms with Crippen LogP contribution in [0.5, 0.6) is 0 Å². The summed E-state index contributed by atoms with van der Waals surface area (Å²) in [7, 11) is 4.12. The molecule has 0 amide bonds. The first-order valence-electron chi connectivity index (χ1n) is 11.8. The summed E-state index contributed by atoms with van der Waals surface area (Å²) in [6, 6.07) is 19.1. The number of aromatic nitrogens is 2. The molecule has 7 nitrogen and oxygen atoms in total. The zero-order valence-electron chi connectivity index (χ0n) is 19.8. The van der Waals surface area contributed by atoms with Crippen LogP contribution in [0.4, 0.5) is 5.69 Å². The van der Waals surface area contributed by atoms with Crippen LogP contribution < -0.4 is 10.2 Å². The van der Waals surface area contributed by atoms with Gasteiger partial charge in [-0.15, -0.1) is 0 Å². The molecular weight excluding hydrogens is 444 g/mol. The Labute approximate surface area is 206 Å². The predicted octanol–water partition coefficient (Wildman–Crippen LogP) is 3.24. The molecule has 2 aromatic heterocycles. The van der Waals surface area contributed by atoms with Crippen molar-refractivity contribution >= 4 is 23.0 Å². The Hall–Kier alpha value is -2.94. The quantitative estimate of drug-likeness (QED) is 0.526. The molecule has 5 rings (SSSR count). The summed E-state index contributed by atoms with van der Waals surface area (Å²) < 4.78 is 7.80. The molecule has 4 heterocycles. The van der Waals surface area contributed by atoms with Crippen LogP contribution in [0.15, 0.2) is 67.0 Å². The van der Waals surface area contributed by atoms with Crippen LogP contribution in [0.3, 0.4) is 0 Å². The fourth-order valence-electron chi connectivity index (χ4n) is 4.82. The number of morpholine rings is 1. The zero-order chi connectivity index (χ0) is 23.5. The Bertz CT molecular complexity index is 1090. The highest BCUT2D eigenvalue weighted by Crippen LogP contribution is 2.39. The van der Waals surface area contributed by atoms with Gasteiger partial charge in [0, 0.05) is 69.7 Å². The summed E-state index contributed by atoms with van der Waals surface area (Å²) in [6.07, 6.45) is 3.99. The Morgan fingerprint density at radius 3 is 2.53 bits per heavy atom. The number of nitrogens with zero attached hydrogens (tertiary/aromatic N) is 5. The maximum Gasteiger partial charge on any atom is 0.170 e.